The minimum absolute atomic E-state index is 0.0608. The number of hydrogen-bond donors (Lipinski definition) is 1. The summed E-state index contributed by atoms with van der Waals surface area (Å²) in [5.41, 5.74) is 0. The van der Waals surface area contributed by atoms with Crippen LogP contribution in [0, 0.1) is 5.92 Å². The van der Waals surface area contributed by atoms with Crippen molar-refractivity contribution in [2.75, 3.05) is 6.61 Å². The molecule has 7 heteroatoms. The van der Waals surface area contributed by atoms with Crippen LogP contribution in [0.25, 0.3) is 0 Å². The lowest BCUT2D eigenvalue weighted by molar-refractivity contribution is 0.0718. The minimum atomic E-state index is -3.64. The van der Waals surface area contributed by atoms with E-state index in [1.165, 1.54) is 18.5 Å². The molecular weight excluding hydrogens is 296 g/mol. The smallest absolute Gasteiger partial charge is 0.264 e. The molecule has 1 heterocycles. The van der Waals surface area contributed by atoms with Crippen molar-refractivity contribution in [3.63, 3.8) is 0 Å². The molecule has 1 N–H and O–H groups in total. The van der Waals surface area contributed by atoms with Gasteiger partial charge in [-0.3, -0.25) is 9.82 Å². The first kappa shape index (κ1) is 13.6. The number of aromatic nitrogens is 1. The summed E-state index contributed by atoms with van der Waals surface area (Å²) in [5, 5.41) is 0. The molecule has 0 aliphatic rings. The number of halogens is 1. The Morgan fingerprint density at radius 2 is 2.19 bits per heavy atom. The van der Waals surface area contributed by atoms with Crippen molar-refractivity contribution in [3.05, 3.63) is 22.9 Å². The van der Waals surface area contributed by atoms with Gasteiger partial charge in [-0.15, -0.1) is 0 Å². The lowest BCUT2D eigenvalue weighted by atomic mass is 10.2. The second-order valence-corrected chi connectivity index (χ2v) is 6.19. The van der Waals surface area contributed by atoms with E-state index in [2.05, 4.69) is 20.9 Å². The number of sulfonamides is 1. The van der Waals surface area contributed by atoms with E-state index in [4.69, 9.17) is 4.84 Å². The average molecular weight is 309 g/mol. The molecule has 0 saturated heterocycles. The fourth-order valence-corrected chi connectivity index (χ4v) is 2.18. The van der Waals surface area contributed by atoms with Gasteiger partial charge >= 0.3 is 0 Å². The summed E-state index contributed by atoms with van der Waals surface area (Å²) in [6.45, 7) is 4.17. The van der Waals surface area contributed by atoms with Crippen molar-refractivity contribution in [3.8, 4) is 0 Å². The number of rotatable bonds is 5. The second kappa shape index (κ2) is 5.72. The molecule has 0 aliphatic heterocycles. The lowest BCUT2D eigenvalue weighted by Gasteiger charge is -2.08. The van der Waals surface area contributed by atoms with Crippen molar-refractivity contribution in [2.45, 2.75) is 18.7 Å². The maximum absolute atomic E-state index is 11.7. The van der Waals surface area contributed by atoms with Crippen LogP contribution < -0.4 is 4.89 Å². The maximum atomic E-state index is 11.7. The van der Waals surface area contributed by atoms with Gasteiger partial charge in [-0.1, -0.05) is 18.7 Å². The van der Waals surface area contributed by atoms with Gasteiger partial charge in [0.15, 0.2) is 0 Å². The third kappa shape index (κ3) is 4.17. The Labute approximate surface area is 103 Å². The van der Waals surface area contributed by atoms with E-state index in [-0.39, 0.29) is 10.8 Å². The Balaban J connectivity index is 2.71. The Morgan fingerprint density at radius 3 is 2.75 bits per heavy atom. The molecule has 0 spiro atoms. The molecule has 1 aromatic rings. The SMILES string of the molecule is CC(C)CONS(=O)(=O)c1cncc(Br)c1. The van der Waals surface area contributed by atoms with Gasteiger partial charge in [0.1, 0.15) is 4.90 Å². The van der Waals surface area contributed by atoms with Gasteiger partial charge in [-0.05, 0) is 27.9 Å². The van der Waals surface area contributed by atoms with Crippen LogP contribution in [0.2, 0.25) is 0 Å². The topological polar surface area (TPSA) is 68.3 Å². The molecule has 0 bridgehead atoms. The standard InChI is InChI=1S/C9H13BrN2O3S/c1-7(2)6-15-12-16(13,14)9-3-8(10)4-11-5-9/h3-5,7,12H,6H2,1-2H3. The number of pyridine rings is 1. The minimum Gasteiger partial charge on any atom is -0.287 e. The quantitative estimate of drug-likeness (QED) is 0.841. The molecule has 0 radical (unpaired) electrons. The van der Waals surface area contributed by atoms with Gasteiger partial charge in [0.25, 0.3) is 10.0 Å². The Bertz CT molecular complexity index is 448. The first-order chi connectivity index (χ1) is 7.42. The summed E-state index contributed by atoms with van der Waals surface area (Å²) in [7, 11) is -3.64. The molecule has 1 rings (SSSR count). The van der Waals surface area contributed by atoms with E-state index < -0.39 is 10.0 Å². The summed E-state index contributed by atoms with van der Waals surface area (Å²) in [6.07, 6.45) is 2.76. The van der Waals surface area contributed by atoms with Crippen LogP contribution in [-0.2, 0) is 14.9 Å². The van der Waals surface area contributed by atoms with E-state index in [0.29, 0.717) is 11.1 Å². The predicted molar refractivity (Wildman–Crippen MR) is 63.0 cm³/mol. The first-order valence-electron chi connectivity index (χ1n) is 4.66. The maximum Gasteiger partial charge on any atom is 0.264 e. The van der Waals surface area contributed by atoms with Gasteiger partial charge < -0.3 is 0 Å². The number of hydrogen-bond acceptors (Lipinski definition) is 4. The van der Waals surface area contributed by atoms with Crippen LogP contribution in [0.4, 0.5) is 0 Å². The van der Waals surface area contributed by atoms with E-state index in [1.807, 2.05) is 18.7 Å². The highest BCUT2D eigenvalue weighted by Gasteiger charge is 2.14. The highest BCUT2D eigenvalue weighted by molar-refractivity contribution is 9.10. The molecule has 0 saturated carbocycles. The zero-order valence-electron chi connectivity index (χ0n) is 8.97. The van der Waals surface area contributed by atoms with Crippen molar-refractivity contribution in [1.82, 2.24) is 9.87 Å². The van der Waals surface area contributed by atoms with Crippen LogP contribution in [0.3, 0.4) is 0 Å². The summed E-state index contributed by atoms with van der Waals surface area (Å²) in [6, 6.07) is 1.45. The van der Waals surface area contributed by atoms with Gasteiger partial charge in [-0.2, -0.15) is 0 Å². The molecule has 1 aromatic heterocycles. The summed E-state index contributed by atoms with van der Waals surface area (Å²) < 4.78 is 23.9. The molecule has 0 aromatic carbocycles. The largest absolute Gasteiger partial charge is 0.287 e. The molecule has 0 unspecified atom stereocenters. The van der Waals surface area contributed by atoms with Gasteiger partial charge in [-0.25, -0.2) is 8.42 Å². The molecule has 0 aliphatic carbocycles. The Morgan fingerprint density at radius 1 is 1.50 bits per heavy atom. The van der Waals surface area contributed by atoms with Crippen LogP contribution in [-0.4, -0.2) is 20.0 Å². The highest BCUT2D eigenvalue weighted by atomic mass is 79.9. The monoisotopic (exact) mass is 308 g/mol. The summed E-state index contributed by atoms with van der Waals surface area (Å²) in [4.78, 5) is 10.8. The zero-order chi connectivity index (χ0) is 12.2. The van der Waals surface area contributed by atoms with Gasteiger partial charge in [0.05, 0.1) is 6.61 Å². The zero-order valence-corrected chi connectivity index (χ0v) is 11.4. The van der Waals surface area contributed by atoms with Crippen molar-refractivity contribution in [1.29, 1.82) is 0 Å². The molecule has 0 fully saturated rings. The normalized spacial score (nSPS) is 12.0. The van der Waals surface area contributed by atoms with Crippen molar-refractivity contribution in [2.24, 2.45) is 5.92 Å². The van der Waals surface area contributed by atoms with Gasteiger partial charge in [0.2, 0.25) is 0 Å². The molecular formula is C9H13BrN2O3S. The Hall–Kier alpha value is -0.500. The van der Waals surface area contributed by atoms with E-state index in [1.54, 1.807) is 0 Å². The fraction of sp³-hybridized carbons (Fsp3) is 0.444. The molecule has 16 heavy (non-hydrogen) atoms. The third-order valence-electron chi connectivity index (χ3n) is 1.58. The predicted octanol–water partition coefficient (Wildman–Crippen LogP) is 1.71. The van der Waals surface area contributed by atoms with Crippen molar-refractivity contribution >= 4 is 26.0 Å². The summed E-state index contributed by atoms with van der Waals surface area (Å²) in [5.74, 6) is 0.253. The van der Waals surface area contributed by atoms with Crippen LogP contribution >= 0.6 is 15.9 Å². The average Bonchev–Trinajstić information content (AvgIpc) is 2.16. The van der Waals surface area contributed by atoms with Crippen molar-refractivity contribution < 1.29 is 13.3 Å². The molecule has 5 nitrogen and oxygen atoms in total. The Kier molecular flexibility index (Phi) is 4.85. The molecule has 90 valence electrons. The van der Waals surface area contributed by atoms with Crippen LogP contribution in [0.15, 0.2) is 27.8 Å². The third-order valence-corrected chi connectivity index (χ3v) is 3.19. The van der Waals surface area contributed by atoms with E-state index in [9.17, 15) is 8.42 Å². The first-order valence-corrected chi connectivity index (χ1v) is 6.93. The van der Waals surface area contributed by atoms with Crippen LogP contribution in [0.1, 0.15) is 13.8 Å². The van der Waals surface area contributed by atoms with E-state index in [0.717, 1.165) is 0 Å². The second-order valence-electron chi connectivity index (χ2n) is 3.63. The molecule has 0 amide bonds. The molecule has 0 atom stereocenters. The number of nitrogens with one attached hydrogen (secondary N) is 1. The number of nitrogens with zero attached hydrogens (tertiary/aromatic N) is 1. The van der Waals surface area contributed by atoms with E-state index >= 15 is 0 Å². The highest BCUT2D eigenvalue weighted by Crippen LogP contribution is 2.13. The van der Waals surface area contributed by atoms with Crippen LogP contribution in [0.5, 0.6) is 0 Å². The van der Waals surface area contributed by atoms with Gasteiger partial charge in [0, 0.05) is 16.9 Å². The summed E-state index contributed by atoms with van der Waals surface area (Å²) >= 11 is 3.15. The lowest BCUT2D eigenvalue weighted by Crippen LogP contribution is -2.26. The fourth-order valence-electron chi connectivity index (χ4n) is 0.866.